The van der Waals surface area contributed by atoms with E-state index >= 15 is 0 Å². The summed E-state index contributed by atoms with van der Waals surface area (Å²) in [5, 5.41) is 10.3. The van der Waals surface area contributed by atoms with Crippen LogP contribution in [0.5, 0.6) is 0 Å². The zero-order valence-corrected chi connectivity index (χ0v) is 12.3. The fraction of sp³-hybridized carbons (Fsp3) is 0.462. The molecule has 0 atom stereocenters. The van der Waals surface area contributed by atoms with E-state index in [2.05, 4.69) is 4.72 Å². The molecule has 0 aliphatic rings. The largest absolute Gasteiger partial charge is 0.550 e. The Bertz CT molecular complexity index is 579. The Morgan fingerprint density at radius 2 is 1.63 bits per heavy atom. The van der Waals surface area contributed by atoms with Crippen molar-refractivity contribution in [1.29, 1.82) is 0 Å². The molecule has 0 fully saturated rings. The number of benzene rings is 1. The van der Waals surface area contributed by atoms with Gasteiger partial charge in [-0.05, 0) is 49.9 Å². The van der Waals surface area contributed by atoms with Crippen molar-refractivity contribution in [2.24, 2.45) is 0 Å². The van der Waals surface area contributed by atoms with E-state index < -0.39 is 16.0 Å². The van der Waals surface area contributed by atoms with E-state index in [4.69, 9.17) is 0 Å². The molecule has 0 aromatic heterocycles. The van der Waals surface area contributed by atoms with Crippen LogP contribution in [0.3, 0.4) is 0 Å². The minimum absolute atomic E-state index is 0.170. The van der Waals surface area contributed by atoms with Gasteiger partial charge in [0.1, 0.15) is 0 Å². The summed E-state index contributed by atoms with van der Waals surface area (Å²) in [6.45, 7) is 7.02. The zero-order chi connectivity index (χ0) is 14.8. The Labute approximate surface area is 113 Å². The minimum atomic E-state index is -3.70. The van der Waals surface area contributed by atoms with E-state index in [9.17, 15) is 18.3 Å². The lowest BCUT2D eigenvalue weighted by molar-refractivity contribution is -0.305. The number of hydrogen-bond acceptors (Lipinski definition) is 4. The molecule has 0 heterocycles. The maximum absolute atomic E-state index is 12.2. The Kier molecular flexibility index (Phi) is 4.70. The summed E-state index contributed by atoms with van der Waals surface area (Å²) in [5.41, 5.74) is 3.15. The van der Waals surface area contributed by atoms with Crippen LogP contribution < -0.4 is 9.83 Å². The molecular weight excluding hydrogens is 266 g/mol. The molecule has 0 radical (unpaired) electrons. The first-order valence-corrected chi connectivity index (χ1v) is 7.42. The summed E-state index contributed by atoms with van der Waals surface area (Å²) in [6.07, 6.45) is -0.345. The number of sulfonamides is 1. The van der Waals surface area contributed by atoms with Crippen molar-refractivity contribution in [3.05, 3.63) is 28.3 Å². The first-order chi connectivity index (χ1) is 8.66. The molecule has 6 heteroatoms. The van der Waals surface area contributed by atoms with Crippen LogP contribution in [0.25, 0.3) is 0 Å². The second-order valence-corrected chi connectivity index (χ2v) is 6.31. The molecule has 0 saturated carbocycles. The molecule has 5 nitrogen and oxygen atoms in total. The normalized spacial score (nSPS) is 11.6. The predicted molar refractivity (Wildman–Crippen MR) is 70.2 cm³/mol. The van der Waals surface area contributed by atoms with Crippen LogP contribution in [0.4, 0.5) is 0 Å². The molecule has 1 aromatic rings. The Hall–Kier alpha value is -1.40. The van der Waals surface area contributed by atoms with Crippen molar-refractivity contribution in [2.75, 3.05) is 6.54 Å². The van der Waals surface area contributed by atoms with Gasteiger partial charge in [-0.3, -0.25) is 0 Å². The van der Waals surface area contributed by atoms with Crippen molar-refractivity contribution in [3.8, 4) is 0 Å². The van der Waals surface area contributed by atoms with E-state index in [1.54, 1.807) is 13.8 Å². The topological polar surface area (TPSA) is 86.3 Å². The Morgan fingerprint density at radius 3 is 2.05 bits per heavy atom. The lowest BCUT2D eigenvalue weighted by Crippen LogP contribution is -2.31. The van der Waals surface area contributed by atoms with Gasteiger partial charge in [0.05, 0.1) is 4.90 Å². The fourth-order valence-electron chi connectivity index (χ4n) is 1.94. The van der Waals surface area contributed by atoms with Gasteiger partial charge in [-0.15, -0.1) is 0 Å². The van der Waals surface area contributed by atoms with Gasteiger partial charge in [0.15, 0.2) is 0 Å². The van der Waals surface area contributed by atoms with Gasteiger partial charge in [0.2, 0.25) is 10.0 Å². The molecule has 1 rings (SSSR count). The molecule has 0 unspecified atom stereocenters. The number of carboxylic acid groups (broad SMARTS) is 1. The molecule has 0 spiro atoms. The van der Waals surface area contributed by atoms with Crippen LogP contribution in [0.1, 0.15) is 28.7 Å². The van der Waals surface area contributed by atoms with Crippen molar-refractivity contribution in [1.82, 2.24) is 4.72 Å². The first-order valence-electron chi connectivity index (χ1n) is 5.93. The highest BCUT2D eigenvalue weighted by molar-refractivity contribution is 7.89. The summed E-state index contributed by atoms with van der Waals surface area (Å²) in [4.78, 5) is 10.6. The number of carbonyl (C=O) groups is 1. The van der Waals surface area contributed by atoms with Gasteiger partial charge in [0.25, 0.3) is 0 Å². The van der Waals surface area contributed by atoms with Gasteiger partial charge in [0, 0.05) is 18.9 Å². The number of carbonyl (C=O) groups excluding carboxylic acids is 1. The van der Waals surface area contributed by atoms with Crippen LogP contribution >= 0.6 is 0 Å². The van der Waals surface area contributed by atoms with E-state index in [-0.39, 0.29) is 17.9 Å². The van der Waals surface area contributed by atoms with Crippen molar-refractivity contribution < 1.29 is 18.3 Å². The molecule has 1 aromatic carbocycles. The van der Waals surface area contributed by atoms with Gasteiger partial charge < -0.3 is 9.90 Å². The quantitative estimate of drug-likeness (QED) is 0.844. The maximum Gasteiger partial charge on any atom is 0.241 e. The van der Waals surface area contributed by atoms with Crippen molar-refractivity contribution >= 4 is 16.0 Å². The number of carboxylic acids is 1. The third-order valence-electron chi connectivity index (χ3n) is 3.19. The number of aliphatic carboxylic acids is 1. The number of rotatable bonds is 5. The molecule has 0 aliphatic heterocycles. The highest BCUT2D eigenvalue weighted by atomic mass is 32.2. The number of hydrogen-bond donors (Lipinski definition) is 1. The minimum Gasteiger partial charge on any atom is -0.550 e. The Morgan fingerprint density at radius 1 is 1.16 bits per heavy atom. The summed E-state index contributed by atoms with van der Waals surface area (Å²) < 4.78 is 26.8. The average Bonchev–Trinajstić information content (AvgIpc) is 2.25. The summed E-state index contributed by atoms with van der Waals surface area (Å²) in [6, 6.07) is 1.94. The summed E-state index contributed by atoms with van der Waals surface area (Å²) in [5.74, 6) is -1.28. The molecule has 19 heavy (non-hydrogen) atoms. The standard InChI is InChI=1S/C13H19NO4S/c1-8-7-9(2)11(4)13(10(8)3)19(17,18)14-6-5-12(15)16/h7,14H,5-6H2,1-4H3,(H,15,16)/p-1. The second-order valence-electron chi connectivity index (χ2n) is 4.61. The van der Waals surface area contributed by atoms with E-state index in [0.717, 1.165) is 11.1 Å². The molecule has 0 amide bonds. The number of nitrogens with one attached hydrogen (secondary N) is 1. The van der Waals surface area contributed by atoms with Crippen molar-refractivity contribution in [2.45, 2.75) is 39.0 Å². The Balaban J connectivity index is 3.18. The molecule has 106 valence electrons. The third kappa shape index (κ3) is 3.54. The first kappa shape index (κ1) is 15.7. The lowest BCUT2D eigenvalue weighted by atomic mass is 10.0. The number of aryl methyl sites for hydroxylation is 2. The monoisotopic (exact) mass is 284 g/mol. The second kappa shape index (κ2) is 5.71. The van der Waals surface area contributed by atoms with Gasteiger partial charge in [-0.2, -0.15) is 0 Å². The van der Waals surface area contributed by atoms with Gasteiger partial charge >= 0.3 is 0 Å². The van der Waals surface area contributed by atoms with E-state index in [1.165, 1.54) is 0 Å². The summed E-state index contributed by atoms with van der Waals surface area (Å²) in [7, 11) is -3.70. The SMILES string of the molecule is Cc1cc(C)c(C)c(S(=O)(=O)NCCC(=O)[O-])c1C. The third-order valence-corrected chi connectivity index (χ3v) is 4.92. The van der Waals surface area contributed by atoms with Crippen LogP contribution in [-0.2, 0) is 14.8 Å². The smallest absolute Gasteiger partial charge is 0.241 e. The van der Waals surface area contributed by atoms with Crippen molar-refractivity contribution in [3.63, 3.8) is 0 Å². The molecular formula is C13H18NO4S-. The van der Waals surface area contributed by atoms with Gasteiger partial charge in [-0.1, -0.05) is 6.07 Å². The highest BCUT2D eigenvalue weighted by Gasteiger charge is 2.21. The average molecular weight is 284 g/mol. The molecule has 0 aliphatic carbocycles. The van der Waals surface area contributed by atoms with Crippen LogP contribution in [0, 0.1) is 27.7 Å². The van der Waals surface area contributed by atoms with Crippen LogP contribution in [0.15, 0.2) is 11.0 Å². The highest BCUT2D eigenvalue weighted by Crippen LogP contribution is 2.25. The molecule has 0 bridgehead atoms. The van der Waals surface area contributed by atoms with Crippen LogP contribution in [0.2, 0.25) is 0 Å². The fourth-order valence-corrected chi connectivity index (χ4v) is 3.59. The zero-order valence-electron chi connectivity index (χ0n) is 11.5. The lowest BCUT2D eigenvalue weighted by Gasteiger charge is -2.16. The van der Waals surface area contributed by atoms with Gasteiger partial charge in [-0.25, -0.2) is 13.1 Å². The maximum atomic E-state index is 12.2. The predicted octanol–water partition coefficient (Wildman–Crippen LogP) is 0.339. The summed E-state index contributed by atoms with van der Waals surface area (Å²) >= 11 is 0. The van der Waals surface area contributed by atoms with Crippen LogP contribution in [-0.4, -0.2) is 20.9 Å². The molecule has 1 N–H and O–H groups in total. The van der Waals surface area contributed by atoms with E-state index in [0.29, 0.717) is 11.1 Å². The molecule has 0 saturated heterocycles. The van der Waals surface area contributed by atoms with E-state index in [1.807, 2.05) is 19.9 Å².